The van der Waals surface area contributed by atoms with E-state index >= 15 is 0 Å². The maximum atomic E-state index is 12.4. The van der Waals surface area contributed by atoms with E-state index < -0.39 is 0 Å². The number of hydrogen-bond acceptors (Lipinski definition) is 4. The fraction of sp³-hybridized carbons (Fsp3) is 0.261. The number of carbonyl (C=O) groups excluding carboxylic acids is 1. The lowest BCUT2D eigenvalue weighted by Gasteiger charge is -2.08. The molecule has 6 heteroatoms. The standard InChI is InChI=1S/C23H24N2O3.ClH/c1-15-3-7-21(16(2)9-15)27-14-20-6-8-22(28-20)23(26)25-11-17-4-5-18-12-24-13-19(18)10-17;/h3-10,24H,11-14H2,1-2H3,(H,25,26);1H. The lowest BCUT2D eigenvalue weighted by Crippen LogP contribution is -2.22. The number of amides is 1. The highest BCUT2D eigenvalue weighted by atomic mass is 35.5. The van der Waals surface area contributed by atoms with Gasteiger partial charge >= 0.3 is 0 Å². The Kier molecular flexibility index (Phi) is 6.62. The van der Waals surface area contributed by atoms with Gasteiger partial charge in [-0.25, -0.2) is 0 Å². The summed E-state index contributed by atoms with van der Waals surface area (Å²) < 4.78 is 11.5. The van der Waals surface area contributed by atoms with Crippen molar-refractivity contribution in [2.45, 2.75) is 40.1 Å². The highest BCUT2D eigenvalue weighted by Crippen LogP contribution is 2.21. The van der Waals surface area contributed by atoms with Gasteiger partial charge in [-0.2, -0.15) is 0 Å². The summed E-state index contributed by atoms with van der Waals surface area (Å²) in [5, 5.41) is 6.24. The van der Waals surface area contributed by atoms with Crippen molar-refractivity contribution in [3.63, 3.8) is 0 Å². The summed E-state index contributed by atoms with van der Waals surface area (Å²) >= 11 is 0. The average molecular weight is 413 g/mol. The van der Waals surface area contributed by atoms with Crippen molar-refractivity contribution in [1.29, 1.82) is 0 Å². The normalized spacial score (nSPS) is 12.2. The summed E-state index contributed by atoms with van der Waals surface area (Å²) in [4.78, 5) is 12.4. The maximum Gasteiger partial charge on any atom is 0.287 e. The Bertz CT molecular complexity index is 1010. The molecule has 0 fully saturated rings. The van der Waals surface area contributed by atoms with Crippen LogP contribution in [0.3, 0.4) is 0 Å². The van der Waals surface area contributed by atoms with Crippen LogP contribution in [0.4, 0.5) is 0 Å². The molecule has 0 radical (unpaired) electrons. The molecule has 152 valence electrons. The Labute approximate surface area is 176 Å². The molecule has 0 atom stereocenters. The second-order valence-electron chi connectivity index (χ2n) is 7.21. The minimum atomic E-state index is -0.226. The number of halogens is 1. The first-order chi connectivity index (χ1) is 13.6. The van der Waals surface area contributed by atoms with Gasteiger partial charge in [0.05, 0.1) is 0 Å². The first-order valence-corrected chi connectivity index (χ1v) is 9.47. The van der Waals surface area contributed by atoms with Crippen molar-refractivity contribution in [1.82, 2.24) is 10.6 Å². The van der Waals surface area contributed by atoms with E-state index in [0.717, 1.165) is 30.0 Å². The van der Waals surface area contributed by atoms with Gasteiger partial charge in [0, 0.05) is 19.6 Å². The van der Waals surface area contributed by atoms with Gasteiger partial charge in [0.25, 0.3) is 5.91 Å². The van der Waals surface area contributed by atoms with E-state index in [-0.39, 0.29) is 24.9 Å². The number of hydrogen-bond donors (Lipinski definition) is 2. The molecule has 2 aromatic carbocycles. The summed E-state index contributed by atoms with van der Waals surface area (Å²) in [5.41, 5.74) is 5.99. The third kappa shape index (κ3) is 5.00. The second-order valence-corrected chi connectivity index (χ2v) is 7.21. The maximum absolute atomic E-state index is 12.4. The van der Waals surface area contributed by atoms with Crippen LogP contribution in [0.5, 0.6) is 5.75 Å². The molecule has 1 aliphatic rings. The van der Waals surface area contributed by atoms with E-state index in [1.165, 1.54) is 16.7 Å². The van der Waals surface area contributed by atoms with Crippen molar-refractivity contribution in [3.8, 4) is 5.75 Å². The lowest BCUT2D eigenvalue weighted by atomic mass is 10.1. The zero-order valence-corrected chi connectivity index (χ0v) is 17.4. The van der Waals surface area contributed by atoms with Crippen LogP contribution in [-0.4, -0.2) is 5.91 Å². The molecule has 0 aliphatic carbocycles. The first-order valence-electron chi connectivity index (χ1n) is 9.47. The average Bonchev–Trinajstić information content (AvgIpc) is 3.34. The van der Waals surface area contributed by atoms with Crippen LogP contribution in [0.25, 0.3) is 0 Å². The summed E-state index contributed by atoms with van der Waals surface area (Å²) in [6.45, 7) is 6.63. The van der Waals surface area contributed by atoms with Crippen molar-refractivity contribution in [2.24, 2.45) is 0 Å². The first kappa shape index (κ1) is 21.0. The highest BCUT2D eigenvalue weighted by molar-refractivity contribution is 5.91. The summed E-state index contributed by atoms with van der Waals surface area (Å²) in [6.07, 6.45) is 0. The third-order valence-corrected chi connectivity index (χ3v) is 4.94. The van der Waals surface area contributed by atoms with Gasteiger partial charge < -0.3 is 19.8 Å². The summed E-state index contributed by atoms with van der Waals surface area (Å²) in [5.74, 6) is 1.51. The largest absolute Gasteiger partial charge is 0.485 e. The Hall–Kier alpha value is -2.76. The van der Waals surface area contributed by atoms with E-state index in [4.69, 9.17) is 9.15 Å². The smallest absolute Gasteiger partial charge is 0.287 e. The predicted octanol–water partition coefficient (Wildman–Crippen LogP) is 4.43. The molecule has 0 saturated carbocycles. The van der Waals surface area contributed by atoms with Crippen molar-refractivity contribution < 1.29 is 13.9 Å². The molecule has 2 N–H and O–H groups in total. The molecular formula is C23H25ClN2O3. The number of nitrogens with one attached hydrogen (secondary N) is 2. The molecule has 5 nitrogen and oxygen atoms in total. The number of fused-ring (bicyclic) bond motifs is 1. The van der Waals surface area contributed by atoms with Gasteiger partial charge in [-0.1, -0.05) is 35.9 Å². The molecule has 4 rings (SSSR count). The molecule has 29 heavy (non-hydrogen) atoms. The molecule has 0 saturated heterocycles. The van der Waals surface area contributed by atoms with E-state index in [1.807, 2.05) is 26.0 Å². The molecule has 3 aromatic rings. The van der Waals surface area contributed by atoms with Crippen LogP contribution < -0.4 is 15.4 Å². The second kappa shape index (κ2) is 9.16. The number of furan rings is 1. The molecule has 1 aliphatic heterocycles. The van der Waals surface area contributed by atoms with E-state index in [1.54, 1.807) is 12.1 Å². The van der Waals surface area contributed by atoms with Gasteiger partial charge in [-0.15, -0.1) is 12.4 Å². The van der Waals surface area contributed by atoms with Crippen LogP contribution >= 0.6 is 12.4 Å². The molecule has 0 bridgehead atoms. The molecular weight excluding hydrogens is 388 g/mol. The highest BCUT2D eigenvalue weighted by Gasteiger charge is 2.13. The molecule has 1 aromatic heterocycles. The van der Waals surface area contributed by atoms with E-state index in [2.05, 4.69) is 34.9 Å². The zero-order chi connectivity index (χ0) is 19.5. The van der Waals surface area contributed by atoms with Gasteiger partial charge in [0.2, 0.25) is 0 Å². The SMILES string of the molecule is Cc1ccc(OCc2ccc(C(=O)NCc3ccc4c(c3)CNC4)o2)c(C)c1.Cl. The van der Waals surface area contributed by atoms with Gasteiger partial charge in [0.1, 0.15) is 18.1 Å². The quantitative estimate of drug-likeness (QED) is 0.628. The fourth-order valence-corrected chi connectivity index (χ4v) is 3.42. The monoisotopic (exact) mass is 412 g/mol. The minimum absolute atomic E-state index is 0. The van der Waals surface area contributed by atoms with Crippen LogP contribution in [0.15, 0.2) is 52.9 Å². The topological polar surface area (TPSA) is 63.5 Å². The van der Waals surface area contributed by atoms with Crippen LogP contribution in [-0.2, 0) is 26.2 Å². The molecule has 0 spiro atoms. The summed E-state index contributed by atoms with van der Waals surface area (Å²) in [7, 11) is 0. The van der Waals surface area contributed by atoms with Crippen LogP contribution in [0.2, 0.25) is 0 Å². The van der Waals surface area contributed by atoms with Crippen molar-refractivity contribution in [2.75, 3.05) is 0 Å². The number of carbonyl (C=O) groups is 1. The molecule has 1 amide bonds. The van der Waals surface area contributed by atoms with Crippen molar-refractivity contribution >= 4 is 18.3 Å². The Morgan fingerprint density at radius 2 is 1.90 bits per heavy atom. The molecule has 2 heterocycles. The predicted molar refractivity (Wildman–Crippen MR) is 114 cm³/mol. The van der Waals surface area contributed by atoms with Gasteiger partial charge in [-0.3, -0.25) is 4.79 Å². The number of rotatable bonds is 6. The fourth-order valence-electron chi connectivity index (χ4n) is 3.42. The van der Waals surface area contributed by atoms with Gasteiger partial charge in [-0.05, 0) is 54.3 Å². The molecule has 0 unspecified atom stereocenters. The Balaban J connectivity index is 0.00000240. The lowest BCUT2D eigenvalue weighted by molar-refractivity contribution is 0.0919. The van der Waals surface area contributed by atoms with Crippen LogP contribution in [0.1, 0.15) is 44.1 Å². The number of benzene rings is 2. The number of aryl methyl sites for hydroxylation is 2. The minimum Gasteiger partial charge on any atom is -0.485 e. The Morgan fingerprint density at radius 1 is 1.07 bits per heavy atom. The van der Waals surface area contributed by atoms with E-state index in [9.17, 15) is 4.79 Å². The summed E-state index contributed by atoms with van der Waals surface area (Å²) in [6, 6.07) is 15.8. The van der Waals surface area contributed by atoms with Crippen molar-refractivity contribution in [3.05, 3.63) is 87.9 Å². The number of ether oxygens (including phenoxy) is 1. The van der Waals surface area contributed by atoms with Gasteiger partial charge in [0.15, 0.2) is 5.76 Å². The third-order valence-electron chi connectivity index (χ3n) is 4.94. The zero-order valence-electron chi connectivity index (χ0n) is 16.6. The van der Waals surface area contributed by atoms with E-state index in [0.29, 0.717) is 18.1 Å². The van der Waals surface area contributed by atoms with Crippen LogP contribution in [0, 0.1) is 13.8 Å². The Morgan fingerprint density at radius 3 is 2.72 bits per heavy atom.